The van der Waals surface area contributed by atoms with Gasteiger partial charge in [-0.2, -0.15) is 0 Å². The van der Waals surface area contributed by atoms with Crippen LogP contribution >= 0.6 is 0 Å². The number of sulfonamides is 1. The van der Waals surface area contributed by atoms with E-state index in [-0.39, 0.29) is 12.1 Å². The van der Waals surface area contributed by atoms with Crippen molar-refractivity contribution in [1.29, 1.82) is 0 Å². The lowest BCUT2D eigenvalue weighted by atomic mass is 10.1. The van der Waals surface area contributed by atoms with Crippen molar-refractivity contribution in [1.82, 2.24) is 0 Å². The number of carbonyl (C=O) groups is 2. The van der Waals surface area contributed by atoms with E-state index in [1.165, 1.54) is 17.7 Å². The third kappa shape index (κ3) is 5.78. The first-order chi connectivity index (χ1) is 15.6. The summed E-state index contributed by atoms with van der Waals surface area (Å²) in [5.74, 6) is -0.944. The van der Waals surface area contributed by atoms with Crippen LogP contribution in [0.4, 0.5) is 11.4 Å². The molecule has 1 N–H and O–H groups in total. The Morgan fingerprint density at radius 3 is 2.21 bits per heavy atom. The molecule has 0 bridgehead atoms. The number of ether oxygens (including phenoxy) is 1. The van der Waals surface area contributed by atoms with E-state index in [1.807, 2.05) is 26.0 Å². The molecule has 0 aliphatic rings. The van der Waals surface area contributed by atoms with Crippen LogP contribution in [0.3, 0.4) is 0 Å². The highest BCUT2D eigenvalue weighted by atomic mass is 32.2. The highest BCUT2D eigenvalue weighted by molar-refractivity contribution is 7.92. The first-order valence-electron chi connectivity index (χ1n) is 10.2. The van der Waals surface area contributed by atoms with Gasteiger partial charge in [-0.1, -0.05) is 30.3 Å². The minimum Gasteiger partial charge on any atom is -0.465 e. The summed E-state index contributed by atoms with van der Waals surface area (Å²) in [6.07, 6.45) is 1.17. The smallest absolute Gasteiger partial charge is 0.339 e. The van der Waals surface area contributed by atoms with Crippen molar-refractivity contribution < 1.29 is 22.7 Å². The molecule has 0 radical (unpaired) electrons. The third-order valence-electron chi connectivity index (χ3n) is 5.30. The van der Waals surface area contributed by atoms with E-state index in [1.54, 1.807) is 54.6 Å². The molecule has 0 saturated heterocycles. The summed E-state index contributed by atoms with van der Waals surface area (Å²) in [4.78, 5) is 24.6. The zero-order valence-corrected chi connectivity index (χ0v) is 19.8. The summed E-state index contributed by atoms with van der Waals surface area (Å²) in [5, 5.41) is 2.72. The lowest BCUT2D eigenvalue weighted by Gasteiger charge is -2.23. The number of hydrogen-bond acceptors (Lipinski definition) is 5. The average Bonchev–Trinajstić information content (AvgIpc) is 2.79. The van der Waals surface area contributed by atoms with Crippen molar-refractivity contribution in [2.24, 2.45) is 0 Å². The maximum absolute atomic E-state index is 12.7. The van der Waals surface area contributed by atoms with Gasteiger partial charge in [0.1, 0.15) is 0 Å². The number of rotatable bonds is 7. The number of hydrogen-bond donors (Lipinski definition) is 1. The van der Waals surface area contributed by atoms with Crippen LogP contribution in [0.5, 0.6) is 0 Å². The Hall–Kier alpha value is -3.65. The number of methoxy groups -OCH3 is 1. The van der Waals surface area contributed by atoms with E-state index < -0.39 is 21.9 Å². The molecule has 3 rings (SSSR count). The molecule has 3 aromatic rings. The molecule has 8 heteroatoms. The fourth-order valence-corrected chi connectivity index (χ4v) is 4.16. The van der Waals surface area contributed by atoms with Crippen molar-refractivity contribution in [2.75, 3.05) is 23.0 Å². The van der Waals surface area contributed by atoms with E-state index in [2.05, 4.69) is 5.32 Å². The lowest BCUT2D eigenvalue weighted by molar-refractivity contribution is 0.0602. The van der Waals surface area contributed by atoms with Crippen molar-refractivity contribution >= 4 is 33.3 Å². The fourth-order valence-electron chi connectivity index (χ4n) is 3.28. The van der Waals surface area contributed by atoms with Crippen LogP contribution in [0.15, 0.2) is 66.7 Å². The molecule has 7 nitrogen and oxygen atoms in total. The van der Waals surface area contributed by atoms with Crippen LogP contribution in [-0.4, -0.2) is 33.7 Å². The van der Waals surface area contributed by atoms with E-state index in [0.717, 1.165) is 16.7 Å². The minimum atomic E-state index is -3.52. The van der Waals surface area contributed by atoms with E-state index >= 15 is 0 Å². The SMILES string of the molecule is COC(=O)c1ccccc1NC(=O)c1ccc(CN(c2ccc(C)c(C)c2)S(C)(=O)=O)cc1. The molecule has 0 aliphatic carbocycles. The summed E-state index contributed by atoms with van der Waals surface area (Å²) in [7, 11) is -2.24. The summed E-state index contributed by atoms with van der Waals surface area (Å²) in [5.41, 5.74) is 4.36. The maximum atomic E-state index is 12.7. The zero-order valence-electron chi connectivity index (χ0n) is 19.0. The van der Waals surface area contributed by atoms with Gasteiger partial charge in [0.2, 0.25) is 10.0 Å². The van der Waals surface area contributed by atoms with E-state index in [9.17, 15) is 18.0 Å². The number of carbonyl (C=O) groups excluding carboxylic acids is 2. The predicted molar refractivity (Wildman–Crippen MR) is 129 cm³/mol. The molecule has 0 aliphatic heterocycles. The van der Waals surface area contributed by atoms with Crippen molar-refractivity contribution in [3.8, 4) is 0 Å². The molecule has 33 heavy (non-hydrogen) atoms. The molecule has 0 fully saturated rings. The number of anilines is 2. The Labute approximate surface area is 194 Å². The zero-order chi connectivity index (χ0) is 24.2. The van der Waals surface area contributed by atoms with Crippen molar-refractivity contribution in [2.45, 2.75) is 20.4 Å². The minimum absolute atomic E-state index is 0.133. The van der Waals surface area contributed by atoms with Crippen molar-refractivity contribution in [3.63, 3.8) is 0 Å². The molecular weight excluding hydrogens is 440 g/mol. The van der Waals surface area contributed by atoms with Crippen molar-refractivity contribution in [3.05, 3.63) is 94.5 Å². The van der Waals surface area contributed by atoms with Gasteiger partial charge in [0.05, 0.1) is 36.8 Å². The number of nitrogens with one attached hydrogen (secondary N) is 1. The Balaban J connectivity index is 1.80. The molecular formula is C25H26N2O5S. The normalized spacial score (nSPS) is 11.0. The standard InChI is InChI=1S/C25H26N2O5S/c1-17-9-14-21(15-18(17)2)27(33(4,30)31)16-19-10-12-20(13-11-19)24(28)26-23-8-6-5-7-22(23)25(29)32-3/h5-15H,16H2,1-4H3,(H,26,28). The Morgan fingerprint density at radius 2 is 1.61 bits per heavy atom. The van der Waals surface area contributed by atoms with E-state index in [0.29, 0.717) is 16.9 Å². The van der Waals surface area contributed by atoms with Gasteiger partial charge >= 0.3 is 5.97 Å². The van der Waals surface area contributed by atoms with Gasteiger partial charge < -0.3 is 10.1 Å². The third-order valence-corrected chi connectivity index (χ3v) is 6.44. The number of esters is 1. The van der Waals surface area contributed by atoms with Gasteiger partial charge in [0.15, 0.2) is 0 Å². The van der Waals surface area contributed by atoms with Crippen LogP contribution in [0.25, 0.3) is 0 Å². The lowest BCUT2D eigenvalue weighted by Crippen LogP contribution is -2.29. The van der Waals surface area contributed by atoms with Gasteiger partial charge in [-0.25, -0.2) is 13.2 Å². The Bertz CT molecular complexity index is 1280. The van der Waals surface area contributed by atoms with Gasteiger partial charge in [0.25, 0.3) is 5.91 Å². The number of amides is 1. The summed E-state index contributed by atoms with van der Waals surface area (Å²) >= 11 is 0. The first kappa shape index (κ1) is 24.0. The Kier molecular flexibility index (Phi) is 7.18. The first-order valence-corrected chi connectivity index (χ1v) is 12.1. The summed E-state index contributed by atoms with van der Waals surface area (Å²) < 4.78 is 31.0. The predicted octanol–water partition coefficient (Wildman–Crippen LogP) is 4.31. The maximum Gasteiger partial charge on any atom is 0.339 e. The topological polar surface area (TPSA) is 92.8 Å². The molecule has 0 saturated carbocycles. The number of aryl methyl sites for hydroxylation is 2. The highest BCUT2D eigenvalue weighted by Gasteiger charge is 2.19. The van der Waals surface area contributed by atoms with Gasteiger partial charge in [-0.3, -0.25) is 9.10 Å². The number of para-hydroxylation sites is 1. The van der Waals surface area contributed by atoms with Gasteiger partial charge in [0, 0.05) is 5.56 Å². The monoisotopic (exact) mass is 466 g/mol. The largest absolute Gasteiger partial charge is 0.465 e. The van der Waals surface area contributed by atoms with Crippen LogP contribution in [0.2, 0.25) is 0 Å². The fraction of sp³-hybridized carbons (Fsp3) is 0.200. The molecule has 0 aromatic heterocycles. The second-order valence-corrected chi connectivity index (χ2v) is 9.63. The number of benzene rings is 3. The molecule has 3 aromatic carbocycles. The second-order valence-electron chi connectivity index (χ2n) is 7.73. The molecule has 0 heterocycles. The Morgan fingerprint density at radius 1 is 0.939 bits per heavy atom. The quantitative estimate of drug-likeness (QED) is 0.524. The molecule has 0 atom stereocenters. The van der Waals surface area contributed by atoms with Crippen LogP contribution in [0, 0.1) is 13.8 Å². The second kappa shape index (κ2) is 9.87. The summed E-state index contributed by atoms with van der Waals surface area (Å²) in [6, 6.07) is 18.7. The van der Waals surface area contributed by atoms with E-state index in [4.69, 9.17) is 4.74 Å². The highest BCUT2D eigenvalue weighted by Crippen LogP contribution is 2.24. The van der Waals surface area contributed by atoms with Crippen LogP contribution in [0.1, 0.15) is 37.4 Å². The molecule has 172 valence electrons. The van der Waals surface area contributed by atoms with Crippen LogP contribution in [-0.2, 0) is 21.3 Å². The molecule has 0 unspecified atom stereocenters. The number of nitrogens with zero attached hydrogens (tertiary/aromatic N) is 1. The summed E-state index contributed by atoms with van der Waals surface area (Å²) in [6.45, 7) is 4.04. The molecule has 0 spiro atoms. The van der Waals surface area contributed by atoms with Gasteiger partial charge in [-0.05, 0) is 66.9 Å². The van der Waals surface area contributed by atoms with Gasteiger partial charge in [-0.15, -0.1) is 0 Å². The van der Waals surface area contributed by atoms with Crippen LogP contribution < -0.4 is 9.62 Å². The average molecular weight is 467 g/mol. The molecule has 1 amide bonds.